The van der Waals surface area contributed by atoms with Crippen LogP contribution < -0.4 is 0 Å². The minimum Gasteiger partial charge on any atom is -0.304 e. The van der Waals surface area contributed by atoms with Gasteiger partial charge in [-0.25, -0.2) is 4.98 Å². The van der Waals surface area contributed by atoms with Gasteiger partial charge in [-0.05, 0) is 31.2 Å². The van der Waals surface area contributed by atoms with Crippen LogP contribution in [0.15, 0.2) is 36.7 Å². The Hall–Kier alpha value is -1.42. The highest BCUT2D eigenvalue weighted by atomic mass is 79.9. The van der Waals surface area contributed by atoms with Crippen molar-refractivity contribution in [2.24, 2.45) is 0 Å². The Morgan fingerprint density at radius 2 is 2.06 bits per heavy atom. The van der Waals surface area contributed by atoms with Crippen LogP contribution in [0.1, 0.15) is 16.2 Å². The maximum atomic E-state index is 11.4. The average molecular weight is 279 g/mol. The first-order chi connectivity index (χ1) is 7.72. The number of alkyl halides is 1. The molecular weight excluding hydrogens is 268 g/mol. The Labute approximate surface area is 102 Å². The molecule has 1 heterocycles. The van der Waals surface area contributed by atoms with Gasteiger partial charge >= 0.3 is 0 Å². The third-order valence-electron chi connectivity index (χ3n) is 2.41. The summed E-state index contributed by atoms with van der Waals surface area (Å²) < 4.78 is 1.97. The van der Waals surface area contributed by atoms with Gasteiger partial charge in [-0.2, -0.15) is 0 Å². The van der Waals surface area contributed by atoms with Crippen LogP contribution in [-0.2, 0) is 0 Å². The van der Waals surface area contributed by atoms with E-state index in [9.17, 15) is 4.79 Å². The monoisotopic (exact) mass is 278 g/mol. The van der Waals surface area contributed by atoms with E-state index in [1.54, 1.807) is 6.20 Å². The number of hydrogen-bond donors (Lipinski definition) is 0. The van der Waals surface area contributed by atoms with Gasteiger partial charge in [0.1, 0.15) is 5.82 Å². The van der Waals surface area contributed by atoms with Crippen molar-refractivity contribution in [1.82, 2.24) is 9.55 Å². The van der Waals surface area contributed by atoms with Crippen LogP contribution in [0.4, 0.5) is 0 Å². The Kier molecular flexibility index (Phi) is 3.19. The van der Waals surface area contributed by atoms with E-state index in [-0.39, 0.29) is 5.78 Å². The standard InChI is InChI=1S/C12H11BrN2O/c1-9-14-6-7-15(9)11-4-2-10(3-5-11)12(16)8-13/h2-7H,8H2,1H3. The lowest BCUT2D eigenvalue weighted by Crippen LogP contribution is -2.01. The number of halogens is 1. The van der Waals surface area contributed by atoms with Crippen LogP contribution in [0.2, 0.25) is 0 Å². The van der Waals surface area contributed by atoms with Crippen molar-refractivity contribution in [1.29, 1.82) is 0 Å². The Balaban J connectivity index is 2.33. The number of nitrogens with zero attached hydrogens (tertiary/aromatic N) is 2. The molecule has 82 valence electrons. The predicted octanol–water partition coefficient (Wildman–Crippen LogP) is 2.76. The number of rotatable bonds is 3. The first kappa shape index (κ1) is 11.1. The third-order valence-corrected chi connectivity index (χ3v) is 2.92. The summed E-state index contributed by atoms with van der Waals surface area (Å²) in [4.78, 5) is 15.6. The van der Waals surface area contributed by atoms with E-state index in [4.69, 9.17) is 0 Å². The minimum atomic E-state index is 0.0916. The van der Waals surface area contributed by atoms with Crippen LogP contribution in [-0.4, -0.2) is 20.7 Å². The van der Waals surface area contributed by atoms with Crippen molar-refractivity contribution < 1.29 is 4.79 Å². The largest absolute Gasteiger partial charge is 0.304 e. The first-order valence-electron chi connectivity index (χ1n) is 4.92. The van der Waals surface area contributed by atoms with E-state index in [0.29, 0.717) is 5.33 Å². The SMILES string of the molecule is Cc1nccn1-c1ccc(C(=O)CBr)cc1. The van der Waals surface area contributed by atoms with E-state index < -0.39 is 0 Å². The molecule has 0 saturated carbocycles. The second-order valence-corrected chi connectivity index (χ2v) is 4.01. The van der Waals surface area contributed by atoms with Crippen molar-refractivity contribution in [2.45, 2.75) is 6.92 Å². The van der Waals surface area contributed by atoms with Crippen molar-refractivity contribution in [3.05, 3.63) is 48.0 Å². The molecule has 0 N–H and O–H groups in total. The molecule has 0 saturated heterocycles. The van der Waals surface area contributed by atoms with Gasteiger partial charge in [-0.3, -0.25) is 4.79 Å². The fourth-order valence-corrected chi connectivity index (χ4v) is 1.86. The number of imidazole rings is 1. The molecular formula is C12H11BrN2O. The van der Waals surface area contributed by atoms with Crippen LogP contribution in [0.5, 0.6) is 0 Å². The Morgan fingerprint density at radius 3 is 2.56 bits per heavy atom. The maximum absolute atomic E-state index is 11.4. The molecule has 0 radical (unpaired) electrons. The van der Waals surface area contributed by atoms with Crippen molar-refractivity contribution in [3.8, 4) is 5.69 Å². The number of hydrogen-bond acceptors (Lipinski definition) is 2. The van der Waals surface area contributed by atoms with Gasteiger partial charge in [0.2, 0.25) is 0 Å². The van der Waals surface area contributed by atoms with Gasteiger partial charge in [0.15, 0.2) is 5.78 Å². The van der Waals surface area contributed by atoms with Crippen molar-refractivity contribution in [2.75, 3.05) is 5.33 Å². The number of aryl methyl sites for hydroxylation is 1. The highest BCUT2D eigenvalue weighted by Gasteiger charge is 2.04. The highest BCUT2D eigenvalue weighted by Crippen LogP contribution is 2.12. The summed E-state index contributed by atoms with van der Waals surface area (Å²) in [6.07, 6.45) is 3.66. The summed E-state index contributed by atoms with van der Waals surface area (Å²) in [6, 6.07) is 7.51. The van der Waals surface area contributed by atoms with E-state index >= 15 is 0 Å². The molecule has 0 bridgehead atoms. The predicted molar refractivity (Wildman–Crippen MR) is 66.4 cm³/mol. The molecule has 0 aliphatic heterocycles. The number of benzene rings is 1. The van der Waals surface area contributed by atoms with Gasteiger partial charge < -0.3 is 4.57 Å². The molecule has 1 aromatic heterocycles. The zero-order valence-corrected chi connectivity index (χ0v) is 10.4. The van der Waals surface area contributed by atoms with Gasteiger partial charge in [-0.1, -0.05) is 15.9 Å². The van der Waals surface area contributed by atoms with Crippen LogP contribution in [0.25, 0.3) is 5.69 Å². The molecule has 0 atom stereocenters. The van der Waals surface area contributed by atoms with E-state index in [1.165, 1.54) is 0 Å². The van der Waals surface area contributed by atoms with Crippen molar-refractivity contribution in [3.63, 3.8) is 0 Å². The van der Waals surface area contributed by atoms with Crippen LogP contribution >= 0.6 is 15.9 Å². The highest BCUT2D eigenvalue weighted by molar-refractivity contribution is 9.09. The lowest BCUT2D eigenvalue weighted by atomic mass is 10.1. The summed E-state index contributed by atoms with van der Waals surface area (Å²) >= 11 is 3.16. The molecule has 1 aromatic carbocycles. The normalized spacial score (nSPS) is 10.4. The molecule has 0 amide bonds. The molecule has 4 heteroatoms. The second kappa shape index (κ2) is 4.61. The van der Waals surface area contributed by atoms with Crippen LogP contribution in [0, 0.1) is 6.92 Å². The van der Waals surface area contributed by atoms with Gasteiger partial charge in [0.05, 0.1) is 5.33 Å². The van der Waals surface area contributed by atoms with Gasteiger partial charge in [0, 0.05) is 23.6 Å². The minimum absolute atomic E-state index is 0.0916. The summed E-state index contributed by atoms with van der Waals surface area (Å²) in [5.41, 5.74) is 1.74. The number of aromatic nitrogens is 2. The lowest BCUT2D eigenvalue weighted by molar-refractivity contribution is 0.102. The fraction of sp³-hybridized carbons (Fsp3) is 0.167. The average Bonchev–Trinajstić information content (AvgIpc) is 2.75. The maximum Gasteiger partial charge on any atom is 0.173 e. The fourth-order valence-electron chi connectivity index (χ4n) is 1.54. The zero-order chi connectivity index (χ0) is 11.5. The lowest BCUT2D eigenvalue weighted by Gasteiger charge is -2.05. The summed E-state index contributed by atoms with van der Waals surface area (Å²) in [5.74, 6) is 1.02. The first-order valence-corrected chi connectivity index (χ1v) is 6.04. The van der Waals surface area contributed by atoms with Crippen molar-refractivity contribution >= 4 is 21.7 Å². The molecule has 0 spiro atoms. The summed E-state index contributed by atoms with van der Waals surface area (Å²) in [5, 5.41) is 0.358. The molecule has 0 unspecified atom stereocenters. The molecule has 3 nitrogen and oxygen atoms in total. The third kappa shape index (κ3) is 2.07. The molecule has 0 fully saturated rings. The topological polar surface area (TPSA) is 34.9 Å². The molecule has 0 aliphatic carbocycles. The van der Waals surface area contributed by atoms with Gasteiger partial charge in [0.25, 0.3) is 0 Å². The second-order valence-electron chi connectivity index (χ2n) is 3.45. The summed E-state index contributed by atoms with van der Waals surface area (Å²) in [7, 11) is 0. The van der Waals surface area contributed by atoms with E-state index in [0.717, 1.165) is 17.1 Å². The summed E-state index contributed by atoms with van der Waals surface area (Å²) in [6.45, 7) is 1.94. The number of ketones is 1. The van der Waals surface area contributed by atoms with E-state index in [2.05, 4.69) is 20.9 Å². The Bertz CT molecular complexity index is 502. The number of carbonyl (C=O) groups excluding carboxylic acids is 1. The number of carbonyl (C=O) groups is 1. The van der Waals surface area contributed by atoms with Gasteiger partial charge in [-0.15, -0.1) is 0 Å². The molecule has 2 aromatic rings. The number of Topliss-reactive ketones (excluding diaryl/α,β-unsaturated/α-hetero) is 1. The zero-order valence-electron chi connectivity index (χ0n) is 8.85. The smallest absolute Gasteiger partial charge is 0.173 e. The quantitative estimate of drug-likeness (QED) is 0.639. The molecule has 0 aliphatic rings. The van der Waals surface area contributed by atoms with Crippen LogP contribution in [0.3, 0.4) is 0 Å². The molecule has 2 rings (SSSR count). The molecule has 16 heavy (non-hydrogen) atoms. The van der Waals surface area contributed by atoms with E-state index in [1.807, 2.05) is 42.0 Å². The Morgan fingerprint density at radius 1 is 1.38 bits per heavy atom.